The number of carbonyl (C=O) groups excluding carboxylic acids is 1. The zero-order valence-corrected chi connectivity index (χ0v) is 21.6. The predicted molar refractivity (Wildman–Crippen MR) is 137 cm³/mol. The van der Waals surface area contributed by atoms with Crippen LogP contribution in [-0.4, -0.2) is 35.2 Å². The maximum absolute atomic E-state index is 13.0. The lowest BCUT2D eigenvalue weighted by Gasteiger charge is -2.15. The van der Waals surface area contributed by atoms with Gasteiger partial charge in [-0.1, -0.05) is 30.1 Å². The first-order valence-corrected chi connectivity index (χ1v) is 12.7. The molecule has 0 fully saturated rings. The molecule has 11 heteroatoms. The van der Waals surface area contributed by atoms with Crippen molar-refractivity contribution in [2.24, 2.45) is 0 Å². The van der Waals surface area contributed by atoms with E-state index >= 15 is 0 Å². The van der Waals surface area contributed by atoms with Crippen molar-refractivity contribution in [2.75, 3.05) is 30.9 Å². The van der Waals surface area contributed by atoms with Gasteiger partial charge in [0, 0.05) is 22.0 Å². The van der Waals surface area contributed by atoms with Crippen molar-refractivity contribution >= 4 is 50.5 Å². The van der Waals surface area contributed by atoms with E-state index in [0.29, 0.717) is 28.8 Å². The van der Waals surface area contributed by atoms with Crippen LogP contribution in [0.25, 0.3) is 0 Å². The molecule has 0 saturated carbocycles. The number of benzene rings is 3. The highest BCUT2D eigenvalue weighted by molar-refractivity contribution is 7.92. The maximum atomic E-state index is 13.0. The Labute approximate surface area is 214 Å². The van der Waals surface area contributed by atoms with Gasteiger partial charge in [0.25, 0.3) is 15.9 Å². The molecule has 35 heavy (non-hydrogen) atoms. The number of nitrogens with one attached hydrogen (secondary N) is 2. The summed E-state index contributed by atoms with van der Waals surface area (Å²) in [6.45, 7) is 2.39. The van der Waals surface area contributed by atoms with Crippen LogP contribution < -0.4 is 24.2 Å². The van der Waals surface area contributed by atoms with E-state index in [1.807, 2.05) is 6.92 Å². The number of carbonyl (C=O) groups is 1. The summed E-state index contributed by atoms with van der Waals surface area (Å²) in [5.41, 5.74) is 0.752. The largest absolute Gasteiger partial charge is 0.495 e. The van der Waals surface area contributed by atoms with Crippen molar-refractivity contribution < 1.29 is 27.4 Å². The Morgan fingerprint density at radius 2 is 1.57 bits per heavy atom. The third-order valence-corrected chi connectivity index (χ3v) is 6.68. The van der Waals surface area contributed by atoms with Gasteiger partial charge in [0.15, 0.2) is 11.5 Å². The Morgan fingerprint density at radius 3 is 2.20 bits per heavy atom. The molecule has 1 amide bonds. The van der Waals surface area contributed by atoms with Gasteiger partial charge in [-0.15, -0.1) is 0 Å². The monoisotopic (exact) mass is 538 g/mol. The molecule has 0 aliphatic heterocycles. The number of hydrogen-bond acceptors (Lipinski definition) is 6. The molecule has 3 rings (SSSR count). The molecule has 3 aromatic rings. The zero-order chi connectivity index (χ0) is 25.6. The Kier molecular flexibility index (Phi) is 8.71. The number of ether oxygens (including phenoxy) is 3. The quantitative estimate of drug-likeness (QED) is 0.335. The van der Waals surface area contributed by atoms with E-state index in [2.05, 4.69) is 10.0 Å². The van der Waals surface area contributed by atoms with Crippen LogP contribution in [0.4, 0.5) is 11.4 Å². The third kappa shape index (κ3) is 6.50. The molecule has 0 aliphatic rings. The lowest BCUT2D eigenvalue weighted by molar-refractivity contribution is 0.102. The van der Waals surface area contributed by atoms with E-state index in [9.17, 15) is 13.2 Å². The molecule has 0 bridgehead atoms. The lowest BCUT2D eigenvalue weighted by Crippen LogP contribution is -2.16. The molecular weight excluding hydrogens is 515 g/mol. The fourth-order valence-electron chi connectivity index (χ4n) is 3.09. The standard InChI is InChI=1S/C24H24Cl2N2O6S/c1-4-11-34-23-19(26)12-15(13-21(23)33-3)24(29)27-18-9-10-20(32-2)22(14-18)35(30,31)28-17-7-5-16(25)6-8-17/h5-10,12-14,28H,4,11H2,1-3H3,(H,27,29). The highest BCUT2D eigenvalue weighted by atomic mass is 35.5. The number of halogens is 2. The number of methoxy groups -OCH3 is 2. The highest BCUT2D eigenvalue weighted by Gasteiger charge is 2.22. The van der Waals surface area contributed by atoms with Gasteiger partial charge in [0.2, 0.25) is 0 Å². The fourth-order valence-corrected chi connectivity index (χ4v) is 4.74. The topological polar surface area (TPSA) is 103 Å². The summed E-state index contributed by atoms with van der Waals surface area (Å²) in [7, 11) is -1.25. The third-order valence-electron chi connectivity index (χ3n) is 4.75. The van der Waals surface area contributed by atoms with E-state index in [4.69, 9.17) is 37.4 Å². The molecule has 3 aromatic carbocycles. The number of anilines is 2. The Hall–Kier alpha value is -3.14. The van der Waals surface area contributed by atoms with Crippen molar-refractivity contribution in [1.29, 1.82) is 0 Å². The molecule has 8 nitrogen and oxygen atoms in total. The highest BCUT2D eigenvalue weighted by Crippen LogP contribution is 2.37. The second-order valence-corrected chi connectivity index (χ2v) is 9.76. The Bertz CT molecular complexity index is 1310. The summed E-state index contributed by atoms with van der Waals surface area (Å²) in [6.07, 6.45) is 0.775. The molecular formula is C24H24Cl2N2O6S. The minimum atomic E-state index is -4.05. The molecule has 186 valence electrons. The first-order chi connectivity index (χ1) is 16.7. The van der Waals surface area contributed by atoms with Gasteiger partial charge >= 0.3 is 0 Å². The first kappa shape index (κ1) is 26.5. The summed E-state index contributed by atoms with van der Waals surface area (Å²) < 4.78 is 44.7. The minimum Gasteiger partial charge on any atom is -0.495 e. The smallest absolute Gasteiger partial charge is 0.265 e. The van der Waals surface area contributed by atoms with E-state index in [1.54, 1.807) is 12.1 Å². The van der Waals surface area contributed by atoms with Crippen molar-refractivity contribution in [3.05, 3.63) is 70.2 Å². The van der Waals surface area contributed by atoms with Gasteiger partial charge in [-0.2, -0.15) is 0 Å². The van der Waals surface area contributed by atoms with Gasteiger partial charge in [-0.25, -0.2) is 8.42 Å². The average molecular weight is 539 g/mol. The van der Waals surface area contributed by atoms with Crippen LogP contribution in [-0.2, 0) is 10.0 Å². The van der Waals surface area contributed by atoms with Crippen molar-refractivity contribution in [3.63, 3.8) is 0 Å². The number of hydrogen-bond donors (Lipinski definition) is 2. The van der Waals surface area contributed by atoms with Gasteiger partial charge in [0.05, 0.1) is 25.8 Å². The number of rotatable bonds is 10. The Balaban J connectivity index is 1.89. The van der Waals surface area contributed by atoms with Gasteiger partial charge in [-0.05, 0) is 61.0 Å². The van der Waals surface area contributed by atoms with E-state index in [-0.39, 0.29) is 26.9 Å². The Morgan fingerprint density at radius 1 is 0.914 bits per heavy atom. The van der Waals surface area contributed by atoms with E-state index in [1.165, 1.54) is 56.7 Å². The molecule has 0 unspecified atom stereocenters. The van der Waals surface area contributed by atoms with Crippen LogP contribution >= 0.6 is 23.2 Å². The number of amides is 1. The summed E-state index contributed by atoms with van der Waals surface area (Å²) in [6, 6.07) is 13.4. The van der Waals surface area contributed by atoms with Crippen LogP contribution in [0.15, 0.2) is 59.5 Å². The van der Waals surface area contributed by atoms with Gasteiger partial charge < -0.3 is 19.5 Å². The predicted octanol–water partition coefficient (Wildman–Crippen LogP) is 5.85. The van der Waals surface area contributed by atoms with Gasteiger partial charge in [-0.3, -0.25) is 9.52 Å². The molecule has 0 spiro atoms. The average Bonchev–Trinajstić information content (AvgIpc) is 2.84. The van der Waals surface area contributed by atoms with Crippen LogP contribution in [0.1, 0.15) is 23.7 Å². The van der Waals surface area contributed by atoms with Crippen LogP contribution in [0.2, 0.25) is 10.0 Å². The van der Waals surface area contributed by atoms with E-state index < -0.39 is 15.9 Å². The summed E-state index contributed by atoms with van der Waals surface area (Å²) in [5, 5.41) is 3.36. The molecule has 0 heterocycles. The van der Waals surface area contributed by atoms with Crippen LogP contribution in [0.5, 0.6) is 17.2 Å². The maximum Gasteiger partial charge on any atom is 0.265 e. The molecule has 0 aromatic heterocycles. The molecule has 2 N–H and O–H groups in total. The van der Waals surface area contributed by atoms with Gasteiger partial charge in [0.1, 0.15) is 10.6 Å². The normalized spacial score (nSPS) is 11.0. The number of sulfonamides is 1. The van der Waals surface area contributed by atoms with Crippen molar-refractivity contribution in [2.45, 2.75) is 18.2 Å². The molecule has 0 atom stereocenters. The molecule has 0 aliphatic carbocycles. The van der Waals surface area contributed by atoms with Crippen LogP contribution in [0.3, 0.4) is 0 Å². The van der Waals surface area contributed by atoms with Crippen molar-refractivity contribution in [1.82, 2.24) is 0 Å². The second kappa shape index (κ2) is 11.5. The first-order valence-electron chi connectivity index (χ1n) is 10.5. The fraction of sp³-hybridized carbons (Fsp3) is 0.208. The van der Waals surface area contributed by atoms with Crippen molar-refractivity contribution in [3.8, 4) is 17.2 Å². The summed E-state index contributed by atoms with van der Waals surface area (Å²) in [5.74, 6) is 0.234. The second-order valence-electron chi connectivity index (χ2n) is 7.27. The summed E-state index contributed by atoms with van der Waals surface area (Å²) in [4.78, 5) is 12.8. The SMILES string of the molecule is CCCOc1c(Cl)cc(C(=O)Nc2ccc(OC)c(S(=O)(=O)Nc3ccc(Cl)cc3)c2)cc1OC. The van der Waals surface area contributed by atoms with E-state index in [0.717, 1.165) is 6.42 Å². The minimum absolute atomic E-state index is 0.103. The molecule has 0 radical (unpaired) electrons. The summed E-state index contributed by atoms with van der Waals surface area (Å²) >= 11 is 12.2. The lowest BCUT2D eigenvalue weighted by atomic mass is 10.1. The zero-order valence-electron chi connectivity index (χ0n) is 19.2. The molecule has 0 saturated heterocycles. The van der Waals surface area contributed by atoms with Crippen LogP contribution in [0, 0.1) is 0 Å².